The molecule has 0 aromatic heterocycles. The average Bonchev–Trinajstić information content (AvgIpc) is 2.15. The monoisotopic (exact) mass is 236 g/mol. The van der Waals surface area contributed by atoms with E-state index in [0.717, 1.165) is 11.2 Å². The van der Waals surface area contributed by atoms with E-state index >= 15 is 0 Å². The Hall–Kier alpha value is -0.525. The zero-order valence-corrected chi connectivity index (χ0v) is 11.6. The van der Waals surface area contributed by atoms with Gasteiger partial charge in [0.25, 0.3) is 0 Å². The van der Waals surface area contributed by atoms with Crippen LogP contribution >= 0.6 is 9.24 Å². The molecule has 1 atom stereocenters. The fourth-order valence-electron chi connectivity index (χ4n) is 0.942. The summed E-state index contributed by atoms with van der Waals surface area (Å²) in [5.74, 6) is 0. The molecular formula is C12H20BNOP. The van der Waals surface area contributed by atoms with Gasteiger partial charge < -0.3 is 10.4 Å². The molecule has 1 radical (unpaired) electrons. The van der Waals surface area contributed by atoms with Crippen LogP contribution in [-0.4, -0.2) is 18.2 Å². The van der Waals surface area contributed by atoms with Crippen molar-refractivity contribution in [1.29, 1.82) is 0 Å². The molecule has 1 aromatic carbocycles. The molecule has 2 N–H and O–H groups in total. The van der Waals surface area contributed by atoms with Gasteiger partial charge in [-0.2, -0.15) is 0 Å². The predicted octanol–water partition coefficient (Wildman–Crippen LogP) is 1.96. The largest absolute Gasteiger partial charge is 0.429 e. The van der Waals surface area contributed by atoms with Gasteiger partial charge in [-0.05, 0) is 26.0 Å². The first-order valence-corrected chi connectivity index (χ1v) is 5.95. The van der Waals surface area contributed by atoms with E-state index in [4.69, 9.17) is 10.4 Å². The van der Waals surface area contributed by atoms with Crippen molar-refractivity contribution >= 4 is 27.9 Å². The molecule has 1 unspecified atom stereocenters. The van der Waals surface area contributed by atoms with Crippen molar-refractivity contribution in [2.75, 3.05) is 5.73 Å². The minimum atomic E-state index is -0.237. The van der Waals surface area contributed by atoms with Crippen LogP contribution < -0.4 is 11.2 Å². The van der Waals surface area contributed by atoms with Crippen molar-refractivity contribution in [3.63, 3.8) is 0 Å². The maximum absolute atomic E-state index is 5.83. The van der Waals surface area contributed by atoms with Crippen LogP contribution in [0, 0.1) is 0 Å². The van der Waals surface area contributed by atoms with Crippen molar-refractivity contribution in [2.24, 2.45) is 0 Å². The lowest BCUT2D eigenvalue weighted by atomic mass is 9.84. The van der Waals surface area contributed by atoms with Crippen LogP contribution in [0.4, 0.5) is 5.69 Å². The Morgan fingerprint density at radius 3 is 2.06 bits per heavy atom. The van der Waals surface area contributed by atoms with Crippen LogP contribution in [0.1, 0.15) is 27.7 Å². The van der Waals surface area contributed by atoms with Gasteiger partial charge in [-0.3, -0.25) is 0 Å². The van der Waals surface area contributed by atoms with E-state index in [-0.39, 0.29) is 10.8 Å². The molecule has 0 aliphatic carbocycles. The predicted molar refractivity (Wildman–Crippen MR) is 75.2 cm³/mol. The number of hydrogen-bond acceptors (Lipinski definition) is 2. The molecule has 0 saturated carbocycles. The zero-order valence-electron chi connectivity index (χ0n) is 10.4. The Labute approximate surface area is 101 Å². The number of benzene rings is 1. The number of nitrogens with two attached hydrogens (primary N) is 1. The topological polar surface area (TPSA) is 35.2 Å². The summed E-state index contributed by atoms with van der Waals surface area (Å²) in [5, 5.41) is 0.0112. The van der Waals surface area contributed by atoms with E-state index in [0.29, 0.717) is 0 Å². The first-order chi connectivity index (χ1) is 7.22. The van der Waals surface area contributed by atoms with Gasteiger partial charge in [0.1, 0.15) is 0 Å². The van der Waals surface area contributed by atoms with Crippen LogP contribution in [0.2, 0.25) is 0 Å². The lowest BCUT2D eigenvalue weighted by Gasteiger charge is -2.39. The number of rotatable bonds is 4. The second-order valence-corrected chi connectivity index (χ2v) is 6.58. The van der Waals surface area contributed by atoms with E-state index < -0.39 is 0 Å². The third-order valence-corrected chi connectivity index (χ3v) is 3.67. The normalized spacial score (nSPS) is 12.6. The van der Waals surface area contributed by atoms with Crippen molar-refractivity contribution in [3.8, 4) is 0 Å². The first kappa shape index (κ1) is 13.5. The second-order valence-electron chi connectivity index (χ2n) is 5.13. The summed E-state index contributed by atoms with van der Waals surface area (Å²) < 4.78 is 5.83. The van der Waals surface area contributed by atoms with Gasteiger partial charge in [-0.1, -0.05) is 31.4 Å². The molecule has 1 rings (SSSR count). The molecule has 0 saturated heterocycles. The van der Waals surface area contributed by atoms with Gasteiger partial charge in [0.15, 0.2) is 0 Å². The molecule has 0 spiro atoms. The fourth-order valence-corrected chi connectivity index (χ4v) is 1.01. The van der Waals surface area contributed by atoms with E-state index in [9.17, 15) is 0 Å². The molecule has 1 aromatic rings. The summed E-state index contributed by atoms with van der Waals surface area (Å²) in [6.07, 6.45) is 0. The third-order valence-electron chi connectivity index (χ3n) is 2.98. The third kappa shape index (κ3) is 3.50. The average molecular weight is 236 g/mol. The van der Waals surface area contributed by atoms with Gasteiger partial charge in [0.05, 0.1) is 5.60 Å². The summed E-state index contributed by atoms with van der Waals surface area (Å²) in [4.78, 5) is 0. The molecule has 2 nitrogen and oxygen atoms in total. The standard InChI is InChI=1S/C12H20BNOP/c1-11(2,12(3,4)16)15-13-9-5-7-10(14)8-6-9/h5-8H,14,16H2,1-4H3. The van der Waals surface area contributed by atoms with E-state index in [1.807, 2.05) is 24.3 Å². The van der Waals surface area contributed by atoms with Crippen molar-refractivity contribution < 1.29 is 4.65 Å². The van der Waals surface area contributed by atoms with Gasteiger partial charge in [-0.15, -0.1) is 9.24 Å². The highest BCUT2D eigenvalue weighted by molar-refractivity contribution is 7.19. The van der Waals surface area contributed by atoms with Crippen LogP contribution in [0.25, 0.3) is 0 Å². The van der Waals surface area contributed by atoms with Crippen LogP contribution in [0.15, 0.2) is 24.3 Å². The highest BCUT2D eigenvalue weighted by atomic mass is 31.0. The van der Waals surface area contributed by atoms with Crippen molar-refractivity contribution in [1.82, 2.24) is 0 Å². The van der Waals surface area contributed by atoms with Crippen molar-refractivity contribution in [3.05, 3.63) is 24.3 Å². The first-order valence-electron chi connectivity index (χ1n) is 5.38. The number of nitrogen functional groups attached to an aromatic ring is 1. The Balaban J connectivity index is 2.61. The molecule has 16 heavy (non-hydrogen) atoms. The molecule has 87 valence electrons. The minimum Gasteiger partial charge on any atom is -0.429 e. The summed E-state index contributed by atoms with van der Waals surface area (Å²) in [5.41, 5.74) is 7.17. The zero-order chi connectivity index (χ0) is 12.4. The lowest BCUT2D eigenvalue weighted by molar-refractivity contribution is 0.0841. The Bertz CT molecular complexity index is 343. The number of anilines is 1. The second kappa shape index (κ2) is 4.77. The van der Waals surface area contributed by atoms with Crippen LogP contribution in [0.3, 0.4) is 0 Å². The minimum absolute atomic E-state index is 0.0112. The number of hydrogen-bond donors (Lipinski definition) is 1. The SMILES string of the molecule is CC(C)(P)C(C)(C)O[B]c1ccc(N)cc1. The molecule has 4 heteroatoms. The van der Waals surface area contributed by atoms with Gasteiger partial charge in [0, 0.05) is 10.8 Å². The summed E-state index contributed by atoms with van der Waals surface area (Å²) in [7, 11) is 4.60. The maximum Gasteiger partial charge on any atom is 0.330 e. The van der Waals surface area contributed by atoms with Gasteiger partial charge in [0.2, 0.25) is 0 Å². The van der Waals surface area contributed by atoms with E-state index in [1.54, 1.807) is 7.48 Å². The molecular weight excluding hydrogens is 216 g/mol. The van der Waals surface area contributed by atoms with Crippen LogP contribution in [-0.2, 0) is 4.65 Å². The van der Waals surface area contributed by atoms with E-state index in [2.05, 4.69) is 36.9 Å². The maximum atomic E-state index is 5.83. The molecule has 0 fully saturated rings. The molecule has 0 aliphatic heterocycles. The van der Waals surface area contributed by atoms with Crippen molar-refractivity contribution in [2.45, 2.75) is 38.5 Å². The molecule has 0 bridgehead atoms. The van der Waals surface area contributed by atoms with Gasteiger partial charge >= 0.3 is 7.48 Å². The Morgan fingerprint density at radius 1 is 1.12 bits per heavy atom. The highest BCUT2D eigenvalue weighted by Crippen LogP contribution is 2.32. The Kier molecular flexibility index (Phi) is 4.04. The molecule has 0 aliphatic rings. The quantitative estimate of drug-likeness (QED) is 0.492. The summed E-state index contributed by atoms with van der Waals surface area (Å²) in [6.45, 7) is 8.42. The smallest absolute Gasteiger partial charge is 0.330 e. The molecule has 0 heterocycles. The van der Waals surface area contributed by atoms with E-state index in [1.165, 1.54) is 0 Å². The summed E-state index contributed by atoms with van der Waals surface area (Å²) in [6, 6.07) is 7.63. The highest BCUT2D eigenvalue weighted by Gasteiger charge is 2.33. The lowest BCUT2D eigenvalue weighted by Crippen LogP contribution is -2.45. The van der Waals surface area contributed by atoms with Gasteiger partial charge in [-0.25, -0.2) is 0 Å². The Morgan fingerprint density at radius 2 is 1.62 bits per heavy atom. The fraction of sp³-hybridized carbons (Fsp3) is 0.500. The summed E-state index contributed by atoms with van der Waals surface area (Å²) >= 11 is 0. The molecule has 0 amide bonds. The van der Waals surface area contributed by atoms with Crippen LogP contribution in [0.5, 0.6) is 0 Å².